The molecule has 1 N–H and O–H groups in total. The number of ether oxygens (including phenoxy) is 1. The van der Waals surface area contributed by atoms with Crippen LogP contribution in [0.2, 0.25) is 0 Å². The number of aromatic nitrogens is 3. The van der Waals surface area contributed by atoms with Crippen molar-refractivity contribution in [3.63, 3.8) is 0 Å². The highest BCUT2D eigenvalue weighted by Crippen LogP contribution is 2.31. The molecule has 0 aliphatic carbocycles. The van der Waals surface area contributed by atoms with Gasteiger partial charge in [-0.05, 0) is 48.9 Å². The average molecular weight is 412 g/mol. The largest absolute Gasteiger partial charge is 0.497 e. The SMILES string of the molecule is COc1ccc(-c2cc(C(=O)Nc3ccncc3)nn2[C@@H]2CCS(=O)(=O)C2)cc1. The fourth-order valence-corrected chi connectivity index (χ4v) is 5.05. The fourth-order valence-electron chi connectivity index (χ4n) is 3.36. The molecule has 2 aromatic heterocycles. The molecule has 150 valence electrons. The van der Waals surface area contributed by atoms with E-state index in [0.29, 0.717) is 23.6 Å². The van der Waals surface area contributed by atoms with E-state index in [1.54, 1.807) is 42.4 Å². The molecule has 1 aromatic carbocycles. The van der Waals surface area contributed by atoms with Crippen LogP contribution in [0.15, 0.2) is 54.9 Å². The number of nitrogens with one attached hydrogen (secondary N) is 1. The summed E-state index contributed by atoms with van der Waals surface area (Å²) in [5.41, 5.74) is 2.34. The Morgan fingerprint density at radius 1 is 1.17 bits per heavy atom. The Morgan fingerprint density at radius 2 is 1.90 bits per heavy atom. The molecule has 1 atom stereocenters. The molecule has 1 saturated heterocycles. The second-order valence-corrected chi connectivity index (χ2v) is 9.06. The lowest BCUT2D eigenvalue weighted by molar-refractivity contribution is 0.102. The summed E-state index contributed by atoms with van der Waals surface area (Å²) in [7, 11) is -1.51. The van der Waals surface area contributed by atoms with Crippen LogP contribution < -0.4 is 10.1 Å². The van der Waals surface area contributed by atoms with Crippen molar-refractivity contribution in [1.82, 2.24) is 14.8 Å². The van der Waals surface area contributed by atoms with Crippen LogP contribution >= 0.6 is 0 Å². The van der Waals surface area contributed by atoms with E-state index in [1.807, 2.05) is 24.3 Å². The van der Waals surface area contributed by atoms with Gasteiger partial charge < -0.3 is 10.1 Å². The summed E-state index contributed by atoms with van der Waals surface area (Å²) in [6.07, 6.45) is 3.64. The Hall–Kier alpha value is -3.20. The Bertz CT molecular complexity index is 1130. The zero-order valence-corrected chi connectivity index (χ0v) is 16.6. The average Bonchev–Trinajstić information content (AvgIpc) is 3.32. The van der Waals surface area contributed by atoms with Gasteiger partial charge >= 0.3 is 0 Å². The quantitative estimate of drug-likeness (QED) is 0.691. The Labute approximate surface area is 168 Å². The minimum absolute atomic E-state index is 0.0171. The minimum Gasteiger partial charge on any atom is -0.497 e. The molecule has 0 unspecified atom stereocenters. The molecule has 0 spiro atoms. The van der Waals surface area contributed by atoms with Crippen LogP contribution in [-0.4, -0.2) is 47.7 Å². The van der Waals surface area contributed by atoms with Crippen molar-refractivity contribution in [2.24, 2.45) is 0 Å². The zero-order chi connectivity index (χ0) is 20.4. The van der Waals surface area contributed by atoms with Crippen LogP contribution in [-0.2, 0) is 9.84 Å². The number of anilines is 1. The molecule has 29 heavy (non-hydrogen) atoms. The van der Waals surface area contributed by atoms with Crippen LogP contribution in [0.4, 0.5) is 5.69 Å². The molecule has 8 nitrogen and oxygen atoms in total. The standard InChI is InChI=1S/C20H20N4O4S/c1-28-17-4-2-14(3-5-17)19-12-18(20(25)22-15-6-9-21-10-7-15)23-24(19)16-8-11-29(26,27)13-16/h2-7,9-10,12,16H,8,11,13H2,1H3,(H,21,22,25)/t16-/m1/s1. The van der Waals surface area contributed by atoms with Gasteiger partial charge in [0.05, 0.1) is 30.4 Å². The van der Waals surface area contributed by atoms with E-state index in [-0.39, 0.29) is 29.1 Å². The molecular weight excluding hydrogens is 392 g/mol. The summed E-state index contributed by atoms with van der Waals surface area (Å²) in [6.45, 7) is 0. The highest BCUT2D eigenvalue weighted by molar-refractivity contribution is 7.91. The number of nitrogens with zero attached hydrogens (tertiary/aromatic N) is 3. The first-order valence-electron chi connectivity index (χ1n) is 9.11. The maximum Gasteiger partial charge on any atom is 0.276 e. The highest BCUT2D eigenvalue weighted by Gasteiger charge is 2.32. The van der Waals surface area contributed by atoms with Gasteiger partial charge in [0, 0.05) is 23.6 Å². The molecule has 3 aromatic rings. The van der Waals surface area contributed by atoms with E-state index in [0.717, 1.165) is 5.56 Å². The number of amides is 1. The first-order valence-corrected chi connectivity index (χ1v) is 10.9. The molecule has 0 radical (unpaired) electrons. The summed E-state index contributed by atoms with van der Waals surface area (Å²) >= 11 is 0. The monoisotopic (exact) mass is 412 g/mol. The molecule has 4 rings (SSSR count). The lowest BCUT2D eigenvalue weighted by Crippen LogP contribution is -2.16. The Morgan fingerprint density at radius 3 is 2.52 bits per heavy atom. The van der Waals surface area contributed by atoms with Crippen LogP contribution in [0.5, 0.6) is 5.75 Å². The van der Waals surface area contributed by atoms with E-state index in [4.69, 9.17) is 4.74 Å². The topological polar surface area (TPSA) is 103 Å². The lowest BCUT2D eigenvalue weighted by Gasteiger charge is -2.13. The van der Waals surface area contributed by atoms with Crippen molar-refractivity contribution in [2.45, 2.75) is 12.5 Å². The third kappa shape index (κ3) is 4.14. The third-order valence-corrected chi connectivity index (χ3v) is 6.60. The van der Waals surface area contributed by atoms with Crippen molar-refractivity contribution in [1.29, 1.82) is 0 Å². The van der Waals surface area contributed by atoms with Gasteiger partial charge in [0.15, 0.2) is 15.5 Å². The number of hydrogen-bond donors (Lipinski definition) is 1. The third-order valence-electron chi connectivity index (χ3n) is 4.85. The molecule has 1 amide bonds. The number of methoxy groups -OCH3 is 1. The van der Waals surface area contributed by atoms with Crippen molar-refractivity contribution >= 4 is 21.4 Å². The molecule has 1 aliphatic heterocycles. The van der Waals surface area contributed by atoms with Gasteiger partial charge in [0.2, 0.25) is 0 Å². The van der Waals surface area contributed by atoms with Crippen LogP contribution in [0.3, 0.4) is 0 Å². The molecule has 3 heterocycles. The normalized spacial score (nSPS) is 17.8. The van der Waals surface area contributed by atoms with Crippen molar-refractivity contribution in [3.8, 4) is 17.0 Å². The molecule has 0 saturated carbocycles. The summed E-state index contributed by atoms with van der Waals surface area (Å²) in [5, 5.41) is 7.25. The van der Waals surface area contributed by atoms with Gasteiger partial charge in [-0.25, -0.2) is 8.42 Å². The molecule has 1 aliphatic rings. The maximum atomic E-state index is 12.7. The van der Waals surface area contributed by atoms with Crippen LogP contribution in [0, 0.1) is 0 Å². The molecule has 0 bridgehead atoms. The number of rotatable bonds is 5. The molecule has 1 fully saturated rings. The van der Waals surface area contributed by atoms with Gasteiger partial charge in [-0.1, -0.05) is 0 Å². The Kier molecular flexibility index (Phi) is 5.06. The zero-order valence-electron chi connectivity index (χ0n) is 15.8. The highest BCUT2D eigenvalue weighted by atomic mass is 32.2. The van der Waals surface area contributed by atoms with Crippen molar-refractivity contribution in [2.75, 3.05) is 23.9 Å². The number of sulfone groups is 1. The van der Waals surface area contributed by atoms with Crippen LogP contribution in [0.1, 0.15) is 23.0 Å². The van der Waals surface area contributed by atoms with Gasteiger partial charge in [0.25, 0.3) is 5.91 Å². The first kappa shape index (κ1) is 19.1. The minimum atomic E-state index is -3.10. The van der Waals surface area contributed by atoms with Gasteiger partial charge in [-0.3, -0.25) is 14.5 Å². The van der Waals surface area contributed by atoms with E-state index in [2.05, 4.69) is 15.4 Å². The summed E-state index contributed by atoms with van der Waals surface area (Å²) in [6, 6.07) is 12.1. The van der Waals surface area contributed by atoms with Crippen molar-refractivity contribution in [3.05, 3.63) is 60.6 Å². The maximum absolute atomic E-state index is 12.7. The predicted octanol–water partition coefficient (Wildman–Crippen LogP) is 2.57. The van der Waals surface area contributed by atoms with Gasteiger partial charge in [0.1, 0.15) is 5.75 Å². The molecular formula is C20H20N4O4S. The van der Waals surface area contributed by atoms with Gasteiger partial charge in [-0.15, -0.1) is 0 Å². The van der Waals surface area contributed by atoms with E-state index >= 15 is 0 Å². The summed E-state index contributed by atoms with van der Waals surface area (Å²) in [5.74, 6) is 0.478. The Balaban J connectivity index is 1.70. The number of carbonyl (C=O) groups is 1. The van der Waals surface area contributed by atoms with E-state index in [1.165, 1.54) is 0 Å². The smallest absolute Gasteiger partial charge is 0.276 e. The van der Waals surface area contributed by atoms with E-state index < -0.39 is 9.84 Å². The second kappa shape index (κ2) is 7.67. The summed E-state index contributed by atoms with van der Waals surface area (Å²) < 4.78 is 30.8. The predicted molar refractivity (Wildman–Crippen MR) is 109 cm³/mol. The second-order valence-electron chi connectivity index (χ2n) is 6.83. The fraction of sp³-hybridized carbons (Fsp3) is 0.250. The number of hydrogen-bond acceptors (Lipinski definition) is 6. The molecule has 9 heteroatoms. The summed E-state index contributed by atoms with van der Waals surface area (Å²) in [4.78, 5) is 16.6. The number of carbonyl (C=O) groups excluding carboxylic acids is 1. The first-order chi connectivity index (χ1) is 13.9. The number of pyridine rings is 1. The van der Waals surface area contributed by atoms with E-state index in [9.17, 15) is 13.2 Å². The number of benzene rings is 1. The van der Waals surface area contributed by atoms with Crippen LogP contribution in [0.25, 0.3) is 11.3 Å². The lowest BCUT2D eigenvalue weighted by atomic mass is 10.1. The van der Waals surface area contributed by atoms with Crippen molar-refractivity contribution < 1.29 is 17.9 Å². The van der Waals surface area contributed by atoms with Gasteiger partial charge in [-0.2, -0.15) is 5.10 Å².